The molecule has 23 heavy (non-hydrogen) atoms. The van der Waals surface area contributed by atoms with E-state index in [-0.39, 0.29) is 11.0 Å². The normalized spacial score (nSPS) is 12.1. The lowest BCUT2D eigenvalue weighted by Gasteiger charge is -2.06. The maximum Gasteiger partial charge on any atom is 0.277 e. The molecule has 3 rings (SSSR count). The molecular weight excluding hydrogens is 332 g/mol. The number of carbonyl (C=O) groups is 1. The van der Waals surface area contributed by atoms with Gasteiger partial charge in [0.15, 0.2) is 5.78 Å². The van der Waals surface area contributed by atoms with Gasteiger partial charge in [0.25, 0.3) is 5.22 Å². The first-order valence-corrected chi connectivity index (χ1v) is 8.24. The molecular formula is C17H13ClN2O2S. The quantitative estimate of drug-likeness (QED) is 0.493. The van der Waals surface area contributed by atoms with E-state index in [4.69, 9.17) is 16.0 Å². The van der Waals surface area contributed by atoms with Gasteiger partial charge in [-0.2, -0.15) is 0 Å². The molecule has 0 N–H and O–H groups in total. The van der Waals surface area contributed by atoms with E-state index in [1.165, 1.54) is 11.8 Å². The Kier molecular flexibility index (Phi) is 4.79. The van der Waals surface area contributed by atoms with Crippen LogP contribution in [0.15, 0.2) is 64.2 Å². The first-order chi connectivity index (χ1) is 11.1. The Morgan fingerprint density at radius 2 is 1.78 bits per heavy atom. The Hall–Kier alpha value is -2.11. The van der Waals surface area contributed by atoms with E-state index in [1.54, 1.807) is 24.3 Å². The van der Waals surface area contributed by atoms with Crippen LogP contribution in [0.2, 0.25) is 5.02 Å². The van der Waals surface area contributed by atoms with Crippen molar-refractivity contribution in [1.82, 2.24) is 10.2 Å². The SMILES string of the molecule is C[C@H](Sc1nnc(-c2ccc(Cl)cc2)o1)C(=O)c1ccccc1. The summed E-state index contributed by atoms with van der Waals surface area (Å²) in [6.07, 6.45) is 0. The fourth-order valence-corrected chi connectivity index (χ4v) is 2.89. The summed E-state index contributed by atoms with van der Waals surface area (Å²) in [5.41, 5.74) is 1.46. The molecule has 0 amide bonds. The molecule has 1 aromatic heterocycles. The van der Waals surface area contributed by atoms with Gasteiger partial charge < -0.3 is 4.42 Å². The number of carbonyl (C=O) groups excluding carboxylic acids is 1. The summed E-state index contributed by atoms with van der Waals surface area (Å²) < 4.78 is 5.61. The van der Waals surface area contributed by atoms with E-state index in [2.05, 4.69) is 10.2 Å². The summed E-state index contributed by atoms with van der Waals surface area (Å²) in [6, 6.07) is 16.3. The van der Waals surface area contributed by atoms with Crippen LogP contribution in [-0.4, -0.2) is 21.2 Å². The number of hydrogen-bond acceptors (Lipinski definition) is 5. The van der Waals surface area contributed by atoms with Crippen LogP contribution < -0.4 is 0 Å². The molecule has 0 radical (unpaired) electrons. The molecule has 6 heteroatoms. The third-order valence-corrected chi connectivity index (χ3v) is 4.39. The molecule has 3 aromatic rings. The van der Waals surface area contributed by atoms with Gasteiger partial charge in [0.1, 0.15) is 0 Å². The van der Waals surface area contributed by atoms with E-state index in [1.807, 2.05) is 37.3 Å². The Labute approximate surface area is 142 Å². The standard InChI is InChI=1S/C17H13ClN2O2S/c1-11(15(21)12-5-3-2-4-6-12)23-17-20-19-16(22-17)13-7-9-14(18)10-8-13/h2-11H,1H3/t11-/m0/s1. The summed E-state index contributed by atoms with van der Waals surface area (Å²) in [4.78, 5) is 12.3. The van der Waals surface area contributed by atoms with Gasteiger partial charge >= 0.3 is 0 Å². The molecule has 0 bridgehead atoms. The zero-order valence-electron chi connectivity index (χ0n) is 12.3. The van der Waals surface area contributed by atoms with Crippen LogP contribution in [0.4, 0.5) is 0 Å². The van der Waals surface area contributed by atoms with Crippen molar-refractivity contribution in [2.24, 2.45) is 0 Å². The first-order valence-electron chi connectivity index (χ1n) is 6.99. The topological polar surface area (TPSA) is 56.0 Å². The number of nitrogens with zero attached hydrogens (tertiary/aromatic N) is 2. The van der Waals surface area contributed by atoms with Gasteiger partial charge in [-0.05, 0) is 31.2 Å². The molecule has 0 aliphatic rings. The molecule has 0 fully saturated rings. The molecule has 0 spiro atoms. The van der Waals surface area contributed by atoms with E-state index in [0.29, 0.717) is 21.7 Å². The fraction of sp³-hybridized carbons (Fsp3) is 0.118. The minimum Gasteiger partial charge on any atom is -0.411 e. The van der Waals surface area contributed by atoms with Crippen LogP contribution in [0, 0.1) is 0 Å². The summed E-state index contributed by atoms with van der Waals surface area (Å²) in [6.45, 7) is 1.83. The Morgan fingerprint density at radius 3 is 2.48 bits per heavy atom. The van der Waals surface area contributed by atoms with Crippen molar-refractivity contribution in [3.05, 3.63) is 65.2 Å². The molecule has 116 valence electrons. The van der Waals surface area contributed by atoms with Gasteiger partial charge in [-0.3, -0.25) is 4.79 Å². The average Bonchev–Trinajstić information content (AvgIpc) is 3.04. The van der Waals surface area contributed by atoms with Crippen molar-refractivity contribution in [3.63, 3.8) is 0 Å². The van der Waals surface area contributed by atoms with Gasteiger partial charge in [0, 0.05) is 16.1 Å². The van der Waals surface area contributed by atoms with Gasteiger partial charge in [-0.25, -0.2) is 0 Å². The highest BCUT2D eigenvalue weighted by molar-refractivity contribution is 8.00. The molecule has 0 aliphatic carbocycles. The lowest BCUT2D eigenvalue weighted by Crippen LogP contribution is -2.13. The highest BCUT2D eigenvalue weighted by Gasteiger charge is 2.19. The molecule has 1 atom stereocenters. The van der Waals surface area contributed by atoms with Crippen molar-refractivity contribution in [3.8, 4) is 11.5 Å². The zero-order chi connectivity index (χ0) is 16.2. The monoisotopic (exact) mass is 344 g/mol. The number of halogens is 1. The number of aromatic nitrogens is 2. The highest BCUT2D eigenvalue weighted by atomic mass is 35.5. The molecule has 0 aliphatic heterocycles. The van der Waals surface area contributed by atoms with E-state index < -0.39 is 0 Å². The smallest absolute Gasteiger partial charge is 0.277 e. The number of thioether (sulfide) groups is 1. The van der Waals surface area contributed by atoms with Crippen LogP contribution in [-0.2, 0) is 0 Å². The van der Waals surface area contributed by atoms with Crippen molar-refractivity contribution in [2.45, 2.75) is 17.4 Å². The van der Waals surface area contributed by atoms with Crippen molar-refractivity contribution in [2.75, 3.05) is 0 Å². The van der Waals surface area contributed by atoms with E-state index in [9.17, 15) is 4.79 Å². The molecule has 0 saturated heterocycles. The number of benzene rings is 2. The number of rotatable bonds is 5. The fourth-order valence-electron chi connectivity index (χ4n) is 2.01. The van der Waals surface area contributed by atoms with Crippen LogP contribution >= 0.6 is 23.4 Å². The predicted octanol–water partition coefficient (Wildman–Crippen LogP) is 4.75. The van der Waals surface area contributed by atoms with Gasteiger partial charge in [-0.1, -0.05) is 53.7 Å². The third-order valence-electron chi connectivity index (χ3n) is 3.20. The maximum atomic E-state index is 12.3. The van der Waals surface area contributed by atoms with Crippen molar-refractivity contribution < 1.29 is 9.21 Å². The number of Topliss-reactive ketones (excluding diaryl/α,β-unsaturated/α-hetero) is 1. The molecule has 4 nitrogen and oxygen atoms in total. The second-order valence-electron chi connectivity index (χ2n) is 4.87. The first kappa shape index (κ1) is 15.8. The summed E-state index contributed by atoms with van der Waals surface area (Å²) in [5.74, 6) is 0.436. The summed E-state index contributed by atoms with van der Waals surface area (Å²) in [5, 5.41) is 8.70. The zero-order valence-corrected chi connectivity index (χ0v) is 13.8. The summed E-state index contributed by atoms with van der Waals surface area (Å²) >= 11 is 7.11. The molecule has 2 aromatic carbocycles. The van der Waals surface area contributed by atoms with Crippen LogP contribution in [0.5, 0.6) is 0 Å². The molecule has 0 saturated carbocycles. The van der Waals surface area contributed by atoms with Crippen LogP contribution in [0.1, 0.15) is 17.3 Å². The second kappa shape index (κ2) is 6.98. The van der Waals surface area contributed by atoms with Gasteiger partial charge in [0.2, 0.25) is 5.89 Å². The minimum absolute atomic E-state index is 0.0295. The summed E-state index contributed by atoms with van der Waals surface area (Å²) in [7, 11) is 0. The molecule has 0 unspecified atom stereocenters. The van der Waals surface area contributed by atoms with E-state index >= 15 is 0 Å². The van der Waals surface area contributed by atoms with Crippen molar-refractivity contribution in [1.29, 1.82) is 0 Å². The Morgan fingerprint density at radius 1 is 1.09 bits per heavy atom. The Bertz CT molecular complexity index is 803. The lowest BCUT2D eigenvalue weighted by molar-refractivity contribution is 0.0993. The minimum atomic E-state index is -0.309. The van der Waals surface area contributed by atoms with Gasteiger partial charge in [0.05, 0.1) is 5.25 Å². The third kappa shape index (κ3) is 3.81. The average molecular weight is 345 g/mol. The maximum absolute atomic E-state index is 12.3. The van der Waals surface area contributed by atoms with Crippen LogP contribution in [0.25, 0.3) is 11.5 Å². The molecule has 1 heterocycles. The lowest BCUT2D eigenvalue weighted by atomic mass is 10.1. The van der Waals surface area contributed by atoms with Gasteiger partial charge in [-0.15, -0.1) is 10.2 Å². The largest absolute Gasteiger partial charge is 0.411 e. The van der Waals surface area contributed by atoms with E-state index in [0.717, 1.165) is 5.56 Å². The number of ketones is 1. The predicted molar refractivity (Wildman–Crippen MR) is 90.8 cm³/mol. The van der Waals surface area contributed by atoms with Crippen LogP contribution in [0.3, 0.4) is 0 Å². The highest BCUT2D eigenvalue weighted by Crippen LogP contribution is 2.28. The van der Waals surface area contributed by atoms with Crippen molar-refractivity contribution >= 4 is 29.1 Å². The Balaban J connectivity index is 1.71. The second-order valence-corrected chi connectivity index (χ2v) is 6.60. The number of hydrogen-bond donors (Lipinski definition) is 0.